The molecule has 0 saturated heterocycles. The standard InChI is InChI=1S/C28H26N4/c1-18-6-4-7-21(14-18)24-10-9-23(32-20(24)3)15-19(2)28-25(8-5-12-30-28)22-16-27-26(31-17-22)11-13-29-27/h4-14,16-17,19,29H,15H2,1-3H3. The van der Waals surface area contributed by atoms with Gasteiger partial charge in [-0.1, -0.05) is 48.9 Å². The van der Waals surface area contributed by atoms with Crippen molar-refractivity contribution in [2.75, 3.05) is 0 Å². The number of H-pyrrole nitrogens is 1. The Morgan fingerprint density at radius 2 is 1.78 bits per heavy atom. The number of aromatic nitrogens is 4. The minimum absolute atomic E-state index is 0.224. The number of aryl methyl sites for hydroxylation is 2. The van der Waals surface area contributed by atoms with Gasteiger partial charge in [0.2, 0.25) is 0 Å². The molecule has 0 fully saturated rings. The fourth-order valence-corrected chi connectivity index (χ4v) is 4.39. The normalized spacial score (nSPS) is 12.2. The Kier molecular flexibility index (Phi) is 5.28. The topological polar surface area (TPSA) is 54.5 Å². The fraction of sp³-hybridized carbons (Fsp3) is 0.179. The second-order valence-electron chi connectivity index (χ2n) is 8.48. The Hall–Kier alpha value is -3.79. The predicted molar refractivity (Wildman–Crippen MR) is 131 cm³/mol. The molecule has 1 aromatic carbocycles. The highest BCUT2D eigenvalue weighted by molar-refractivity contribution is 5.81. The molecule has 5 aromatic rings. The van der Waals surface area contributed by atoms with Crippen LogP contribution in [0, 0.1) is 13.8 Å². The molecule has 5 rings (SSSR count). The molecule has 0 saturated carbocycles. The molecule has 0 radical (unpaired) electrons. The molecule has 4 aromatic heterocycles. The van der Waals surface area contributed by atoms with Crippen LogP contribution in [0.4, 0.5) is 0 Å². The first kappa shape index (κ1) is 20.1. The number of rotatable bonds is 5. The second-order valence-corrected chi connectivity index (χ2v) is 8.48. The van der Waals surface area contributed by atoms with Gasteiger partial charge in [0.25, 0.3) is 0 Å². The second kappa shape index (κ2) is 8.39. The summed E-state index contributed by atoms with van der Waals surface area (Å²) in [6, 6.07) is 21.2. The first-order chi connectivity index (χ1) is 15.6. The molecule has 0 aliphatic heterocycles. The van der Waals surface area contributed by atoms with E-state index in [0.717, 1.165) is 45.7 Å². The van der Waals surface area contributed by atoms with Gasteiger partial charge in [-0.25, -0.2) is 0 Å². The van der Waals surface area contributed by atoms with Crippen LogP contribution in [-0.2, 0) is 6.42 Å². The summed E-state index contributed by atoms with van der Waals surface area (Å²) >= 11 is 0. The molecule has 4 heterocycles. The number of pyridine rings is 3. The van der Waals surface area contributed by atoms with Crippen LogP contribution in [0.5, 0.6) is 0 Å². The summed E-state index contributed by atoms with van der Waals surface area (Å²) in [5.74, 6) is 0.224. The van der Waals surface area contributed by atoms with Crippen LogP contribution in [-0.4, -0.2) is 19.9 Å². The number of benzene rings is 1. The van der Waals surface area contributed by atoms with Crippen LogP contribution >= 0.6 is 0 Å². The molecule has 4 nitrogen and oxygen atoms in total. The van der Waals surface area contributed by atoms with Gasteiger partial charge in [0.05, 0.1) is 16.7 Å². The lowest BCUT2D eigenvalue weighted by molar-refractivity contribution is 0.715. The maximum Gasteiger partial charge on any atom is 0.0879 e. The van der Waals surface area contributed by atoms with Crippen LogP contribution < -0.4 is 0 Å². The van der Waals surface area contributed by atoms with Crippen molar-refractivity contribution < 1.29 is 0 Å². The molecular weight excluding hydrogens is 392 g/mol. The quantitative estimate of drug-likeness (QED) is 0.348. The van der Waals surface area contributed by atoms with Gasteiger partial charge in [-0.15, -0.1) is 0 Å². The minimum Gasteiger partial charge on any atom is -0.360 e. The molecule has 0 spiro atoms. The summed E-state index contributed by atoms with van der Waals surface area (Å²) in [7, 11) is 0. The molecule has 0 amide bonds. The summed E-state index contributed by atoms with van der Waals surface area (Å²) in [5, 5.41) is 0. The number of aromatic amines is 1. The van der Waals surface area contributed by atoms with E-state index in [4.69, 9.17) is 9.97 Å². The molecule has 1 unspecified atom stereocenters. The molecule has 0 aliphatic rings. The lowest BCUT2D eigenvalue weighted by Crippen LogP contribution is -2.06. The molecule has 1 atom stereocenters. The molecule has 0 aliphatic carbocycles. The third-order valence-electron chi connectivity index (χ3n) is 6.00. The lowest BCUT2D eigenvalue weighted by Gasteiger charge is -2.16. The molecule has 1 N–H and O–H groups in total. The zero-order chi connectivity index (χ0) is 22.1. The van der Waals surface area contributed by atoms with Gasteiger partial charge in [-0.3, -0.25) is 15.0 Å². The van der Waals surface area contributed by atoms with E-state index in [9.17, 15) is 0 Å². The monoisotopic (exact) mass is 418 g/mol. The molecular formula is C28H26N4. The van der Waals surface area contributed by atoms with Crippen LogP contribution in [0.3, 0.4) is 0 Å². The van der Waals surface area contributed by atoms with E-state index in [1.807, 2.05) is 30.7 Å². The summed E-state index contributed by atoms with van der Waals surface area (Å²) in [6.07, 6.45) is 6.55. The van der Waals surface area contributed by atoms with Gasteiger partial charge in [0, 0.05) is 52.6 Å². The van der Waals surface area contributed by atoms with Crippen LogP contribution in [0.25, 0.3) is 33.3 Å². The minimum atomic E-state index is 0.224. The molecule has 32 heavy (non-hydrogen) atoms. The average molecular weight is 419 g/mol. The Bertz CT molecular complexity index is 1400. The summed E-state index contributed by atoms with van der Waals surface area (Å²) in [6.45, 7) is 6.43. The van der Waals surface area contributed by atoms with E-state index in [2.05, 4.69) is 79.3 Å². The molecule has 4 heteroatoms. The van der Waals surface area contributed by atoms with Crippen molar-refractivity contribution in [1.29, 1.82) is 0 Å². The van der Waals surface area contributed by atoms with Crippen molar-refractivity contribution in [2.45, 2.75) is 33.1 Å². The highest BCUT2D eigenvalue weighted by atomic mass is 14.8. The van der Waals surface area contributed by atoms with E-state index in [-0.39, 0.29) is 5.92 Å². The van der Waals surface area contributed by atoms with E-state index < -0.39 is 0 Å². The van der Waals surface area contributed by atoms with Gasteiger partial charge >= 0.3 is 0 Å². The fourth-order valence-electron chi connectivity index (χ4n) is 4.39. The first-order valence-electron chi connectivity index (χ1n) is 11.0. The first-order valence-corrected chi connectivity index (χ1v) is 11.0. The Morgan fingerprint density at radius 3 is 2.62 bits per heavy atom. The molecule has 158 valence electrons. The Balaban J connectivity index is 1.43. The third-order valence-corrected chi connectivity index (χ3v) is 6.00. The van der Waals surface area contributed by atoms with Gasteiger partial charge in [0.15, 0.2) is 0 Å². The van der Waals surface area contributed by atoms with Crippen LogP contribution in [0.15, 0.2) is 79.3 Å². The van der Waals surface area contributed by atoms with Crippen molar-refractivity contribution in [3.05, 3.63) is 102 Å². The Labute approximate surface area is 188 Å². The number of fused-ring (bicyclic) bond motifs is 1. The summed E-state index contributed by atoms with van der Waals surface area (Å²) in [4.78, 5) is 17.5. The Morgan fingerprint density at radius 1 is 0.875 bits per heavy atom. The van der Waals surface area contributed by atoms with Crippen molar-refractivity contribution in [2.24, 2.45) is 0 Å². The van der Waals surface area contributed by atoms with Crippen molar-refractivity contribution >= 4 is 11.0 Å². The lowest BCUT2D eigenvalue weighted by atomic mass is 9.93. The van der Waals surface area contributed by atoms with Crippen molar-refractivity contribution in [3.8, 4) is 22.3 Å². The largest absolute Gasteiger partial charge is 0.360 e. The van der Waals surface area contributed by atoms with E-state index in [1.54, 1.807) is 0 Å². The summed E-state index contributed by atoms with van der Waals surface area (Å²) in [5.41, 5.74) is 11.1. The van der Waals surface area contributed by atoms with E-state index in [0.29, 0.717) is 0 Å². The van der Waals surface area contributed by atoms with Crippen molar-refractivity contribution in [1.82, 2.24) is 19.9 Å². The zero-order valence-electron chi connectivity index (χ0n) is 18.6. The third kappa shape index (κ3) is 3.92. The summed E-state index contributed by atoms with van der Waals surface area (Å²) < 4.78 is 0. The maximum absolute atomic E-state index is 4.94. The SMILES string of the molecule is Cc1cccc(-c2ccc(CC(C)c3ncccc3-c3cnc4cc[nH]c4c3)nc2C)c1. The number of nitrogens with one attached hydrogen (secondary N) is 1. The van der Waals surface area contributed by atoms with Crippen LogP contribution in [0.1, 0.15) is 35.5 Å². The van der Waals surface area contributed by atoms with Crippen LogP contribution in [0.2, 0.25) is 0 Å². The van der Waals surface area contributed by atoms with E-state index >= 15 is 0 Å². The number of nitrogens with zero attached hydrogens (tertiary/aromatic N) is 3. The zero-order valence-corrected chi connectivity index (χ0v) is 18.6. The van der Waals surface area contributed by atoms with E-state index in [1.165, 1.54) is 16.7 Å². The number of hydrogen-bond acceptors (Lipinski definition) is 3. The van der Waals surface area contributed by atoms with Gasteiger partial charge in [0.1, 0.15) is 0 Å². The molecule has 0 bridgehead atoms. The highest BCUT2D eigenvalue weighted by Gasteiger charge is 2.16. The van der Waals surface area contributed by atoms with Crippen molar-refractivity contribution in [3.63, 3.8) is 0 Å². The average Bonchev–Trinajstić information content (AvgIpc) is 3.27. The number of hydrogen-bond donors (Lipinski definition) is 1. The van der Waals surface area contributed by atoms with Gasteiger partial charge < -0.3 is 4.98 Å². The predicted octanol–water partition coefficient (Wildman–Crippen LogP) is 6.65. The smallest absolute Gasteiger partial charge is 0.0879 e. The van der Waals surface area contributed by atoms with Gasteiger partial charge in [-0.05, 0) is 50.1 Å². The highest BCUT2D eigenvalue weighted by Crippen LogP contribution is 2.31. The van der Waals surface area contributed by atoms with Gasteiger partial charge in [-0.2, -0.15) is 0 Å². The maximum atomic E-state index is 4.94.